The van der Waals surface area contributed by atoms with Crippen molar-refractivity contribution in [3.8, 4) is 0 Å². The maximum absolute atomic E-state index is 12.3. The Morgan fingerprint density at radius 1 is 1.33 bits per heavy atom. The molecule has 1 rings (SSSR count). The number of halogens is 1. The summed E-state index contributed by atoms with van der Waals surface area (Å²) in [5.41, 5.74) is 1.37. The van der Waals surface area contributed by atoms with E-state index in [-0.39, 0.29) is 5.17 Å². The molecule has 6 nitrogen and oxygen atoms in total. The van der Waals surface area contributed by atoms with E-state index in [0.29, 0.717) is 5.71 Å². The van der Waals surface area contributed by atoms with Crippen LogP contribution < -0.4 is 0 Å². The van der Waals surface area contributed by atoms with Crippen LogP contribution in [0, 0.1) is 0 Å². The van der Waals surface area contributed by atoms with E-state index in [2.05, 4.69) is 31.0 Å². The van der Waals surface area contributed by atoms with Gasteiger partial charge in [-0.05, 0) is 19.9 Å². The summed E-state index contributed by atoms with van der Waals surface area (Å²) in [6.07, 6.45) is 1.37. The van der Waals surface area contributed by atoms with Gasteiger partial charge in [0.15, 0.2) is 0 Å². The average molecular weight is 373 g/mol. The van der Waals surface area contributed by atoms with Crippen molar-refractivity contribution in [3.05, 3.63) is 34.3 Å². The number of hydrazone groups is 1. The highest BCUT2D eigenvalue weighted by molar-refractivity contribution is 9.10. The number of aliphatic imine (C=N–C) groups is 2. The van der Waals surface area contributed by atoms with Crippen molar-refractivity contribution in [2.45, 2.75) is 13.8 Å². The summed E-state index contributed by atoms with van der Waals surface area (Å²) in [5.74, 6) is 0. The van der Waals surface area contributed by atoms with Crippen molar-refractivity contribution in [2.75, 3.05) is 14.1 Å². The largest absolute Gasteiger partial charge is 0.314 e. The number of nitrogens with zero attached hydrogens (tertiary/aromatic N) is 4. The van der Waals surface area contributed by atoms with Gasteiger partial charge in [0.2, 0.25) is 0 Å². The molecule has 0 atom stereocenters. The van der Waals surface area contributed by atoms with E-state index in [1.54, 1.807) is 13.8 Å². The van der Waals surface area contributed by atoms with E-state index >= 15 is 0 Å². The molecule has 0 saturated carbocycles. The summed E-state index contributed by atoms with van der Waals surface area (Å²) in [6, 6.07) is 7.44. The Kier molecular flexibility index (Phi) is 6.22. The van der Waals surface area contributed by atoms with Gasteiger partial charge in [-0.2, -0.15) is 17.9 Å². The maximum atomic E-state index is 12.3. The van der Waals surface area contributed by atoms with E-state index in [9.17, 15) is 8.42 Å². The van der Waals surface area contributed by atoms with Gasteiger partial charge in [0.05, 0.1) is 5.71 Å². The SMILES string of the molecule is C/C=N\C(=N/C)S(=O)(=O)N(C)/N=C(/C)c1ccccc1Br. The van der Waals surface area contributed by atoms with Crippen molar-refractivity contribution >= 4 is 43.0 Å². The highest BCUT2D eigenvalue weighted by Crippen LogP contribution is 2.17. The van der Waals surface area contributed by atoms with Crippen LogP contribution in [0.25, 0.3) is 0 Å². The lowest BCUT2D eigenvalue weighted by atomic mass is 10.1. The molecule has 0 N–H and O–H groups in total. The number of benzene rings is 1. The first kappa shape index (κ1) is 17.5. The van der Waals surface area contributed by atoms with E-state index in [4.69, 9.17) is 0 Å². The molecular weight excluding hydrogens is 356 g/mol. The summed E-state index contributed by atoms with van der Waals surface area (Å²) >= 11 is 3.41. The van der Waals surface area contributed by atoms with Gasteiger partial charge in [-0.25, -0.2) is 4.99 Å². The van der Waals surface area contributed by atoms with Crippen LogP contribution in [0.3, 0.4) is 0 Å². The van der Waals surface area contributed by atoms with Crippen LogP contribution in [0.2, 0.25) is 0 Å². The lowest BCUT2D eigenvalue weighted by Crippen LogP contribution is -2.29. The highest BCUT2D eigenvalue weighted by Gasteiger charge is 2.23. The second-order valence-electron chi connectivity index (χ2n) is 4.00. The monoisotopic (exact) mass is 372 g/mol. The average Bonchev–Trinajstić information content (AvgIpc) is 2.44. The van der Waals surface area contributed by atoms with E-state index < -0.39 is 10.0 Å². The maximum Gasteiger partial charge on any atom is 0.314 e. The molecule has 21 heavy (non-hydrogen) atoms. The van der Waals surface area contributed by atoms with Gasteiger partial charge in [-0.15, -0.1) is 0 Å². The van der Waals surface area contributed by atoms with Crippen LogP contribution in [0.1, 0.15) is 19.4 Å². The van der Waals surface area contributed by atoms with Gasteiger partial charge in [-0.1, -0.05) is 34.1 Å². The molecule has 0 aliphatic carbocycles. The summed E-state index contributed by atoms with van der Waals surface area (Å²) in [4.78, 5) is 7.43. The van der Waals surface area contributed by atoms with Crippen molar-refractivity contribution in [3.63, 3.8) is 0 Å². The lowest BCUT2D eigenvalue weighted by Gasteiger charge is -2.14. The minimum atomic E-state index is -3.85. The van der Waals surface area contributed by atoms with E-state index in [0.717, 1.165) is 14.5 Å². The first-order valence-electron chi connectivity index (χ1n) is 6.09. The summed E-state index contributed by atoms with van der Waals surface area (Å²) < 4.78 is 26.2. The molecule has 1 aromatic rings. The molecule has 0 amide bonds. The fourth-order valence-electron chi connectivity index (χ4n) is 1.54. The predicted octanol–water partition coefficient (Wildman–Crippen LogP) is 2.51. The van der Waals surface area contributed by atoms with Crippen LogP contribution in [-0.4, -0.2) is 44.0 Å². The lowest BCUT2D eigenvalue weighted by molar-refractivity contribution is 0.501. The first-order valence-corrected chi connectivity index (χ1v) is 8.32. The zero-order chi connectivity index (χ0) is 16.0. The molecule has 0 fully saturated rings. The Morgan fingerprint density at radius 2 is 1.95 bits per heavy atom. The predicted molar refractivity (Wildman–Crippen MR) is 90.6 cm³/mol. The Balaban J connectivity index is 3.18. The standard InChI is InChI=1S/C13H17BrN4O2S/c1-5-16-13(15-3)21(19,20)18(4)17-10(2)11-8-6-7-9-12(11)14/h5-9H,1-4H3/b15-13+,16-5-,17-10-. The molecule has 0 unspecified atom stereocenters. The summed E-state index contributed by atoms with van der Waals surface area (Å²) in [5, 5.41) is 3.83. The first-order chi connectivity index (χ1) is 9.84. The zero-order valence-electron chi connectivity index (χ0n) is 12.3. The zero-order valence-corrected chi connectivity index (χ0v) is 14.7. The minimum absolute atomic E-state index is 0.281. The van der Waals surface area contributed by atoms with E-state index in [1.165, 1.54) is 20.3 Å². The number of hydrogen-bond donors (Lipinski definition) is 0. The molecular formula is C13H17BrN4O2S. The molecule has 0 heterocycles. The van der Waals surface area contributed by atoms with Crippen molar-refractivity contribution in [2.24, 2.45) is 15.1 Å². The molecule has 0 radical (unpaired) electrons. The summed E-state index contributed by atoms with van der Waals surface area (Å²) in [7, 11) is -1.12. The van der Waals surface area contributed by atoms with Crippen molar-refractivity contribution < 1.29 is 8.42 Å². The molecule has 0 aliphatic rings. The number of amidine groups is 1. The Labute approximate surface area is 133 Å². The number of rotatable bonds is 3. The van der Waals surface area contributed by atoms with Crippen LogP contribution >= 0.6 is 15.9 Å². The quantitative estimate of drug-likeness (QED) is 0.464. The molecule has 0 aromatic heterocycles. The molecule has 114 valence electrons. The van der Waals surface area contributed by atoms with Crippen molar-refractivity contribution in [1.82, 2.24) is 4.41 Å². The fraction of sp³-hybridized carbons (Fsp3) is 0.308. The Morgan fingerprint density at radius 3 is 2.48 bits per heavy atom. The highest BCUT2D eigenvalue weighted by atomic mass is 79.9. The van der Waals surface area contributed by atoms with E-state index in [1.807, 2.05) is 24.3 Å². The van der Waals surface area contributed by atoms with Gasteiger partial charge in [-0.3, -0.25) is 4.99 Å². The topological polar surface area (TPSA) is 74.5 Å². The molecule has 0 bridgehead atoms. The van der Waals surface area contributed by atoms with Crippen molar-refractivity contribution in [1.29, 1.82) is 0 Å². The van der Waals surface area contributed by atoms with Gasteiger partial charge in [0.25, 0.3) is 5.17 Å². The molecule has 0 spiro atoms. The Hall–Kier alpha value is -1.54. The molecule has 1 aromatic carbocycles. The van der Waals surface area contributed by atoms with Crippen LogP contribution in [0.4, 0.5) is 0 Å². The minimum Gasteiger partial charge on any atom is -0.258 e. The van der Waals surface area contributed by atoms with Crippen LogP contribution in [0.5, 0.6) is 0 Å². The van der Waals surface area contributed by atoms with Gasteiger partial charge in [0.1, 0.15) is 0 Å². The molecule has 8 heteroatoms. The second-order valence-corrected chi connectivity index (χ2v) is 6.70. The third kappa shape index (κ3) is 4.21. The second kappa shape index (κ2) is 7.46. The summed E-state index contributed by atoms with van der Waals surface area (Å²) in [6.45, 7) is 3.36. The third-order valence-electron chi connectivity index (χ3n) is 2.56. The van der Waals surface area contributed by atoms with Gasteiger partial charge < -0.3 is 0 Å². The fourth-order valence-corrected chi connectivity index (χ4v) is 3.05. The normalized spacial score (nSPS) is 13.8. The van der Waals surface area contributed by atoms with Gasteiger partial charge in [0, 0.05) is 30.3 Å². The molecule has 0 aliphatic heterocycles. The number of hydrogen-bond acceptors (Lipinski definition) is 4. The molecule has 0 saturated heterocycles. The van der Waals surface area contributed by atoms with Crippen LogP contribution in [0.15, 0.2) is 43.8 Å². The third-order valence-corrected chi connectivity index (χ3v) is 4.78. The van der Waals surface area contributed by atoms with Gasteiger partial charge >= 0.3 is 10.0 Å². The smallest absolute Gasteiger partial charge is 0.258 e. The van der Waals surface area contributed by atoms with Crippen LogP contribution in [-0.2, 0) is 10.0 Å². The Bertz CT molecular complexity index is 696. The number of sulfonamides is 1.